The largest absolute Gasteiger partial charge is 0.392 e. The first-order valence-corrected chi connectivity index (χ1v) is 5.68. The first-order valence-electron chi connectivity index (χ1n) is 5.68. The number of benzene rings is 1. The van der Waals surface area contributed by atoms with Crippen molar-refractivity contribution in [1.82, 2.24) is 14.9 Å². The van der Waals surface area contributed by atoms with E-state index in [0.717, 1.165) is 48.5 Å². The summed E-state index contributed by atoms with van der Waals surface area (Å²) in [5.41, 5.74) is 3.13. The molecule has 1 aliphatic rings. The molecule has 4 heteroatoms. The summed E-state index contributed by atoms with van der Waals surface area (Å²) < 4.78 is 2.26. The molecule has 16 heavy (non-hydrogen) atoms. The lowest BCUT2D eigenvalue weighted by Crippen LogP contribution is -2.17. The molecule has 0 atom stereocenters. The van der Waals surface area contributed by atoms with Gasteiger partial charge >= 0.3 is 0 Å². The van der Waals surface area contributed by atoms with Gasteiger partial charge in [-0.2, -0.15) is 0 Å². The summed E-state index contributed by atoms with van der Waals surface area (Å²) in [6.45, 7) is 3.04. The van der Waals surface area contributed by atoms with Crippen molar-refractivity contribution in [2.24, 2.45) is 0 Å². The number of fused-ring (bicyclic) bond motifs is 3. The number of aliphatic hydroxyl groups excluding tert-OH is 1. The Morgan fingerprint density at radius 1 is 1.38 bits per heavy atom. The highest BCUT2D eigenvalue weighted by Gasteiger charge is 2.12. The number of hydrogen-bond donors (Lipinski definition) is 2. The van der Waals surface area contributed by atoms with Crippen LogP contribution >= 0.6 is 0 Å². The van der Waals surface area contributed by atoms with Gasteiger partial charge in [0, 0.05) is 26.1 Å². The Morgan fingerprint density at radius 2 is 2.31 bits per heavy atom. The van der Waals surface area contributed by atoms with Gasteiger partial charge in [-0.3, -0.25) is 0 Å². The molecule has 0 saturated carbocycles. The third-order valence-electron chi connectivity index (χ3n) is 3.11. The lowest BCUT2D eigenvalue weighted by Gasteiger charge is -2.04. The second-order valence-corrected chi connectivity index (χ2v) is 4.16. The van der Waals surface area contributed by atoms with Crippen LogP contribution in [0.3, 0.4) is 0 Å². The van der Waals surface area contributed by atoms with E-state index in [9.17, 15) is 0 Å². The third-order valence-corrected chi connectivity index (χ3v) is 3.11. The Morgan fingerprint density at radius 3 is 3.19 bits per heavy atom. The summed E-state index contributed by atoms with van der Waals surface area (Å²) in [4.78, 5) is 4.63. The van der Waals surface area contributed by atoms with E-state index in [4.69, 9.17) is 5.11 Å². The first-order chi connectivity index (χ1) is 7.88. The molecule has 2 N–H and O–H groups in total. The highest BCUT2D eigenvalue weighted by atomic mass is 16.3. The van der Waals surface area contributed by atoms with Gasteiger partial charge < -0.3 is 15.0 Å². The summed E-state index contributed by atoms with van der Waals surface area (Å²) in [6.07, 6.45) is 0.975. The normalized spacial score (nSPS) is 16.1. The van der Waals surface area contributed by atoms with E-state index in [1.54, 1.807) is 0 Å². The molecule has 0 fully saturated rings. The summed E-state index contributed by atoms with van der Waals surface area (Å²) in [5.74, 6) is 1.15. The zero-order chi connectivity index (χ0) is 11.0. The molecule has 0 aliphatic carbocycles. The molecule has 3 rings (SSSR count). The average molecular weight is 217 g/mol. The second kappa shape index (κ2) is 3.88. The molecule has 0 saturated heterocycles. The van der Waals surface area contributed by atoms with Gasteiger partial charge in [-0.25, -0.2) is 4.98 Å². The average Bonchev–Trinajstić information content (AvgIpc) is 2.50. The number of aliphatic hydroxyl groups is 1. The van der Waals surface area contributed by atoms with Gasteiger partial charge in [-0.15, -0.1) is 0 Å². The number of rotatable bonds is 1. The molecule has 84 valence electrons. The van der Waals surface area contributed by atoms with Gasteiger partial charge in [0.15, 0.2) is 0 Å². The maximum Gasteiger partial charge on any atom is 0.111 e. The van der Waals surface area contributed by atoms with Gasteiger partial charge in [0.05, 0.1) is 17.6 Å². The number of imidazole rings is 1. The lowest BCUT2D eigenvalue weighted by atomic mass is 10.2. The summed E-state index contributed by atoms with van der Waals surface area (Å²) in [6, 6.07) is 5.97. The van der Waals surface area contributed by atoms with Crippen LogP contribution in [0.15, 0.2) is 18.2 Å². The van der Waals surface area contributed by atoms with Gasteiger partial charge in [0.2, 0.25) is 0 Å². The van der Waals surface area contributed by atoms with Gasteiger partial charge in [-0.1, -0.05) is 6.07 Å². The molecule has 2 aromatic rings. The van der Waals surface area contributed by atoms with E-state index >= 15 is 0 Å². The van der Waals surface area contributed by atoms with Crippen LogP contribution < -0.4 is 5.32 Å². The Bertz CT molecular complexity index is 518. The van der Waals surface area contributed by atoms with Crippen LogP contribution in [-0.4, -0.2) is 27.7 Å². The van der Waals surface area contributed by atoms with Crippen molar-refractivity contribution in [1.29, 1.82) is 0 Å². The minimum atomic E-state index is 0.0920. The number of aromatic nitrogens is 2. The monoisotopic (exact) mass is 217 g/mol. The predicted molar refractivity (Wildman–Crippen MR) is 62.2 cm³/mol. The summed E-state index contributed by atoms with van der Waals surface area (Å²) >= 11 is 0. The van der Waals surface area contributed by atoms with Crippen LogP contribution in [0, 0.1) is 0 Å². The lowest BCUT2D eigenvalue weighted by molar-refractivity contribution is 0.282. The van der Waals surface area contributed by atoms with E-state index in [0.29, 0.717) is 0 Å². The van der Waals surface area contributed by atoms with E-state index in [2.05, 4.69) is 14.9 Å². The molecule has 0 spiro atoms. The summed E-state index contributed by atoms with van der Waals surface area (Å²) in [7, 11) is 0. The third kappa shape index (κ3) is 1.50. The Labute approximate surface area is 93.9 Å². The highest BCUT2D eigenvalue weighted by Crippen LogP contribution is 2.19. The van der Waals surface area contributed by atoms with Crippen LogP contribution in [0.1, 0.15) is 11.4 Å². The van der Waals surface area contributed by atoms with Crippen molar-refractivity contribution in [3.63, 3.8) is 0 Å². The van der Waals surface area contributed by atoms with Crippen molar-refractivity contribution in [2.45, 2.75) is 19.6 Å². The quantitative estimate of drug-likeness (QED) is 0.738. The Hall–Kier alpha value is -1.39. The van der Waals surface area contributed by atoms with E-state index < -0.39 is 0 Å². The smallest absolute Gasteiger partial charge is 0.111 e. The highest BCUT2D eigenvalue weighted by molar-refractivity contribution is 5.77. The van der Waals surface area contributed by atoms with Crippen LogP contribution in [0.2, 0.25) is 0 Å². The van der Waals surface area contributed by atoms with Gasteiger partial charge in [0.25, 0.3) is 0 Å². The van der Waals surface area contributed by atoms with Crippen molar-refractivity contribution >= 4 is 11.0 Å². The van der Waals surface area contributed by atoms with Crippen molar-refractivity contribution in [3.05, 3.63) is 29.6 Å². The molecule has 1 aromatic carbocycles. The van der Waals surface area contributed by atoms with Crippen LogP contribution in [0.25, 0.3) is 11.0 Å². The molecule has 2 heterocycles. The maximum absolute atomic E-state index is 9.15. The van der Waals surface area contributed by atoms with E-state index in [1.807, 2.05) is 18.2 Å². The molecule has 0 bridgehead atoms. The predicted octanol–water partition coefficient (Wildman–Crippen LogP) is 0.674. The topological polar surface area (TPSA) is 50.1 Å². The fourth-order valence-corrected chi connectivity index (χ4v) is 2.27. The molecule has 1 aliphatic heterocycles. The zero-order valence-corrected chi connectivity index (χ0v) is 9.11. The molecular weight excluding hydrogens is 202 g/mol. The van der Waals surface area contributed by atoms with Crippen LogP contribution in [0.4, 0.5) is 0 Å². The number of nitrogens with one attached hydrogen (secondary N) is 1. The Kier molecular flexibility index (Phi) is 2.38. The molecule has 1 aromatic heterocycles. The number of hydrogen-bond acceptors (Lipinski definition) is 3. The summed E-state index contributed by atoms with van der Waals surface area (Å²) in [5, 5.41) is 12.5. The van der Waals surface area contributed by atoms with Crippen molar-refractivity contribution < 1.29 is 5.11 Å². The van der Waals surface area contributed by atoms with Crippen LogP contribution in [0.5, 0.6) is 0 Å². The van der Waals surface area contributed by atoms with Gasteiger partial charge in [-0.05, 0) is 17.7 Å². The molecular formula is C12H15N3O. The van der Waals surface area contributed by atoms with E-state index in [-0.39, 0.29) is 6.61 Å². The standard InChI is InChI=1S/C12H15N3O/c16-8-9-1-2-10-11(7-9)15-6-5-13-4-3-12(15)14-10/h1-2,7,13,16H,3-6,8H2. The van der Waals surface area contributed by atoms with Crippen molar-refractivity contribution in [3.8, 4) is 0 Å². The molecule has 0 amide bonds. The minimum Gasteiger partial charge on any atom is -0.392 e. The second-order valence-electron chi connectivity index (χ2n) is 4.16. The fraction of sp³-hybridized carbons (Fsp3) is 0.417. The molecule has 4 nitrogen and oxygen atoms in total. The number of nitrogens with zero attached hydrogens (tertiary/aromatic N) is 2. The molecule has 0 radical (unpaired) electrons. The van der Waals surface area contributed by atoms with Crippen LogP contribution in [-0.2, 0) is 19.6 Å². The SMILES string of the molecule is OCc1ccc2nc3n(c2c1)CCNCC3. The minimum absolute atomic E-state index is 0.0920. The van der Waals surface area contributed by atoms with E-state index in [1.165, 1.54) is 0 Å². The zero-order valence-electron chi connectivity index (χ0n) is 9.11. The fourth-order valence-electron chi connectivity index (χ4n) is 2.27. The van der Waals surface area contributed by atoms with Crippen molar-refractivity contribution in [2.75, 3.05) is 13.1 Å². The first kappa shape index (κ1) is 9.81. The molecule has 0 unspecified atom stereocenters. The maximum atomic E-state index is 9.15. The Balaban J connectivity index is 2.19. The van der Waals surface area contributed by atoms with Gasteiger partial charge in [0.1, 0.15) is 5.82 Å².